The molecule has 66 valence electrons. The van der Waals surface area contributed by atoms with Crippen LogP contribution in [0.15, 0.2) is 0 Å². The molecule has 0 aromatic rings. The van der Waals surface area contributed by atoms with Gasteiger partial charge in [0.25, 0.3) is 0 Å². The molecule has 1 N–H and O–H groups in total. The average Bonchev–Trinajstić information content (AvgIpc) is 2.39. The lowest BCUT2D eigenvalue weighted by Gasteiger charge is -2.18. The van der Waals surface area contributed by atoms with Gasteiger partial charge in [0.15, 0.2) is 0 Å². The van der Waals surface area contributed by atoms with E-state index in [9.17, 15) is 5.11 Å². The maximum absolute atomic E-state index is 9.23. The van der Waals surface area contributed by atoms with E-state index in [2.05, 4.69) is 6.92 Å². The number of ether oxygens (including phenoxy) is 1. The molecule has 0 saturated carbocycles. The zero-order valence-electron chi connectivity index (χ0n) is 7.42. The lowest BCUT2D eigenvalue weighted by Crippen LogP contribution is -2.19. The highest BCUT2D eigenvalue weighted by Crippen LogP contribution is 2.21. The topological polar surface area (TPSA) is 29.5 Å². The van der Waals surface area contributed by atoms with Crippen LogP contribution in [-0.2, 0) is 4.74 Å². The van der Waals surface area contributed by atoms with Crippen LogP contribution in [0.4, 0.5) is 0 Å². The predicted molar refractivity (Wildman–Crippen MR) is 44.4 cm³/mol. The Labute approximate surface area is 68.6 Å². The van der Waals surface area contributed by atoms with Gasteiger partial charge in [-0.2, -0.15) is 0 Å². The van der Waals surface area contributed by atoms with Gasteiger partial charge < -0.3 is 9.84 Å². The smallest absolute Gasteiger partial charge is 0.0579 e. The van der Waals surface area contributed by atoms with Crippen molar-refractivity contribution in [1.29, 1.82) is 0 Å². The van der Waals surface area contributed by atoms with E-state index >= 15 is 0 Å². The van der Waals surface area contributed by atoms with Crippen molar-refractivity contribution < 1.29 is 9.84 Å². The molecule has 1 fully saturated rings. The van der Waals surface area contributed by atoms with Gasteiger partial charge in [-0.1, -0.05) is 6.92 Å². The summed E-state index contributed by atoms with van der Waals surface area (Å²) in [6, 6.07) is 0. The molecule has 0 amide bonds. The van der Waals surface area contributed by atoms with Crippen molar-refractivity contribution in [2.45, 2.75) is 45.3 Å². The third kappa shape index (κ3) is 2.80. The summed E-state index contributed by atoms with van der Waals surface area (Å²) in [5.74, 6) is 0.373. The molecule has 1 rings (SSSR count). The molecule has 0 aromatic carbocycles. The Balaban J connectivity index is 2.18. The summed E-state index contributed by atoms with van der Waals surface area (Å²) in [6.07, 6.45) is 3.60. The van der Waals surface area contributed by atoms with E-state index in [0.29, 0.717) is 12.0 Å². The fourth-order valence-corrected chi connectivity index (χ4v) is 1.44. The third-order valence-electron chi connectivity index (χ3n) is 2.48. The minimum absolute atomic E-state index is 0.195. The molecule has 3 unspecified atom stereocenters. The summed E-state index contributed by atoms with van der Waals surface area (Å²) in [4.78, 5) is 0. The van der Waals surface area contributed by atoms with Crippen LogP contribution in [0.3, 0.4) is 0 Å². The quantitative estimate of drug-likeness (QED) is 0.675. The Morgan fingerprint density at radius 1 is 1.55 bits per heavy atom. The van der Waals surface area contributed by atoms with E-state index in [4.69, 9.17) is 4.74 Å². The maximum atomic E-state index is 9.23. The van der Waals surface area contributed by atoms with Crippen LogP contribution < -0.4 is 0 Å². The van der Waals surface area contributed by atoms with Crippen molar-refractivity contribution in [1.82, 2.24) is 0 Å². The van der Waals surface area contributed by atoms with Crippen molar-refractivity contribution in [3.05, 3.63) is 0 Å². The lowest BCUT2D eigenvalue weighted by molar-refractivity contribution is 0.0571. The average molecular weight is 158 g/mol. The fourth-order valence-electron chi connectivity index (χ4n) is 1.44. The van der Waals surface area contributed by atoms with Gasteiger partial charge in [0.2, 0.25) is 0 Å². The highest BCUT2D eigenvalue weighted by atomic mass is 16.5. The van der Waals surface area contributed by atoms with Crippen LogP contribution in [0.5, 0.6) is 0 Å². The van der Waals surface area contributed by atoms with Crippen LogP contribution >= 0.6 is 0 Å². The van der Waals surface area contributed by atoms with Crippen LogP contribution in [0.25, 0.3) is 0 Å². The molecule has 0 bridgehead atoms. The van der Waals surface area contributed by atoms with Crippen molar-refractivity contribution >= 4 is 0 Å². The summed E-state index contributed by atoms with van der Waals surface area (Å²) >= 11 is 0. The second-order valence-electron chi connectivity index (χ2n) is 3.59. The second-order valence-corrected chi connectivity index (χ2v) is 3.59. The number of hydrogen-bond acceptors (Lipinski definition) is 2. The zero-order chi connectivity index (χ0) is 8.27. The van der Waals surface area contributed by atoms with Gasteiger partial charge in [-0.05, 0) is 32.1 Å². The molecule has 1 heterocycles. The van der Waals surface area contributed by atoms with Gasteiger partial charge in [0.1, 0.15) is 0 Å². The Morgan fingerprint density at radius 2 is 2.27 bits per heavy atom. The Kier molecular flexibility index (Phi) is 3.34. The maximum Gasteiger partial charge on any atom is 0.0579 e. The molecule has 0 aliphatic carbocycles. The van der Waals surface area contributed by atoms with Gasteiger partial charge in [-0.25, -0.2) is 0 Å². The molecule has 2 heteroatoms. The second kappa shape index (κ2) is 4.07. The first-order valence-electron chi connectivity index (χ1n) is 4.50. The fraction of sp³-hybridized carbons (Fsp3) is 1.00. The lowest BCUT2D eigenvalue weighted by atomic mass is 9.97. The molecule has 1 saturated heterocycles. The Hall–Kier alpha value is -0.0800. The first-order chi connectivity index (χ1) is 5.20. The van der Waals surface area contributed by atoms with Gasteiger partial charge in [0, 0.05) is 6.61 Å². The predicted octanol–water partition coefficient (Wildman–Crippen LogP) is 1.57. The number of rotatable bonds is 3. The number of hydrogen-bond donors (Lipinski definition) is 1. The summed E-state index contributed by atoms with van der Waals surface area (Å²) in [6.45, 7) is 4.84. The zero-order valence-corrected chi connectivity index (χ0v) is 7.42. The molecule has 0 radical (unpaired) electrons. The van der Waals surface area contributed by atoms with E-state index < -0.39 is 0 Å². The molecule has 11 heavy (non-hydrogen) atoms. The monoisotopic (exact) mass is 158 g/mol. The highest BCUT2D eigenvalue weighted by Gasteiger charge is 2.20. The molecule has 2 nitrogen and oxygen atoms in total. The summed E-state index contributed by atoms with van der Waals surface area (Å²) in [5, 5.41) is 9.23. The van der Waals surface area contributed by atoms with Crippen molar-refractivity contribution in [3.8, 4) is 0 Å². The minimum Gasteiger partial charge on any atom is -0.393 e. The molecule has 1 aliphatic rings. The molecule has 3 atom stereocenters. The Morgan fingerprint density at radius 3 is 2.73 bits per heavy atom. The van der Waals surface area contributed by atoms with Gasteiger partial charge in [0.05, 0.1) is 12.2 Å². The summed E-state index contributed by atoms with van der Waals surface area (Å²) in [5.41, 5.74) is 0. The number of aliphatic hydroxyl groups excluding tert-OH is 1. The third-order valence-corrected chi connectivity index (χ3v) is 2.48. The van der Waals surface area contributed by atoms with Gasteiger partial charge >= 0.3 is 0 Å². The highest BCUT2D eigenvalue weighted by molar-refractivity contribution is 4.70. The van der Waals surface area contributed by atoms with Crippen LogP contribution in [0, 0.1) is 5.92 Å². The van der Waals surface area contributed by atoms with Crippen LogP contribution in [0.2, 0.25) is 0 Å². The van der Waals surface area contributed by atoms with E-state index in [0.717, 1.165) is 13.0 Å². The van der Waals surface area contributed by atoms with Crippen molar-refractivity contribution in [2.24, 2.45) is 5.92 Å². The molecule has 0 spiro atoms. The Bertz CT molecular complexity index is 106. The minimum atomic E-state index is -0.195. The summed E-state index contributed by atoms with van der Waals surface area (Å²) in [7, 11) is 0. The molecular formula is C9H18O2. The SMILES string of the molecule is CC(O)C(C)CC1CCCO1. The standard InChI is InChI=1S/C9H18O2/c1-7(8(2)10)6-9-4-3-5-11-9/h7-10H,3-6H2,1-2H3. The van der Waals surface area contributed by atoms with Gasteiger partial charge in [-0.3, -0.25) is 0 Å². The largest absolute Gasteiger partial charge is 0.393 e. The molecule has 0 aromatic heterocycles. The van der Waals surface area contributed by atoms with Crippen LogP contribution in [0.1, 0.15) is 33.1 Å². The first-order valence-corrected chi connectivity index (χ1v) is 4.50. The van der Waals surface area contributed by atoms with Crippen molar-refractivity contribution in [3.63, 3.8) is 0 Å². The van der Waals surface area contributed by atoms with Gasteiger partial charge in [-0.15, -0.1) is 0 Å². The number of aliphatic hydroxyl groups is 1. The molecule has 1 aliphatic heterocycles. The van der Waals surface area contributed by atoms with Crippen LogP contribution in [-0.4, -0.2) is 23.9 Å². The van der Waals surface area contributed by atoms with Crippen molar-refractivity contribution in [2.75, 3.05) is 6.61 Å². The summed E-state index contributed by atoms with van der Waals surface area (Å²) < 4.78 is 5.46. The van der Waals surface area contributed by atoms with E-state index in [1.54, 1.807) is 0 Å². The first kappa shape index (κ1) is 9.01. The van der Waals surface area contributed by atoms with E-state index in [1.807, 2.05) is 6.92 Å². The molecular weight excluding hydrogens is 140 g/mol. The van der Waals surface area contributed by atoms with E-state index in [-0.39, 0.29) is 6.10 Å². The normalized spacial score (nSPS) is 30.3. The van der Waals surface area contributed by atoms with E-state index in [1.165, 1.54) is 12.8 Å².